The normalized spacial score (nSPS) is 26.8. The van der Waals surface area contributed by atoms with Gasteiger partial charge in [0.05, 0.1) is 6.04 Å². The van der Waals surface area contributed by atoms with Gasteiger partial charge in [0.1, 0.15) is 0 Å². The predicted octanol–water partition coefficient (Wildman–Crippen LogP) is 4.59. The van der Waals surface area contributed by atoms with Gasteiger partial charge in [-0.15, -0.1) is 4.41 Å². The van der Waals surface area contributed by atoms with Crippen molar-refractivity contribution in [1.82, 2.24) is 13.7 Å². The number of halogens is 1. The fourth-order valence-electron chi connectivity index (χ4n) is 4.88. The summed E-state index contributed by atoms with van der Waals surface area (Å²) in [5.41, 5.74) is 2.18. The van der Waals surface area contributed by atoms with Gasteiger partial charge in [-0.2, -0.15) is 12.7 Å². The Morgan fingerprint density at radius 3 is 2.13 bits per heavy atom. The molecule has 2 heterocycles. The van der Waals surface area contributed by atoms with Crippen LogP contribution in [-0.4, -0.2) is 47.8 Å². The molecule has 30 heavy (non-hydrogen) atoms. The van der Waals surface area contributed by atoms with Crippen LogP contribution in [0.4, 0.5) is 0 Å². The Labute approximate surface area is 184 Å². The number of nitrogens with zero attached hydrogens (tertiary/aromatic N) is 3. The van der Waals surface area contributed by atoms with E-state index in [-0.39, 0.29) is 12.0 Å². The van der Waals surface area contributed by atoms with Crippen LogP contribution in [0.2, 0.25) is 5.02 Å². The lowest BCUT2D eigenvalue weighted by Gasteiger charge is -2.37. The molecule has 2 unspecified atom stereocenters. The number of rotatable bonds is 5. The fourth-order valence-corrected chi connectivity index (χ4v) is 6.98. The predicted molar refractivity (Wildman–Crippen MR) is 119 cm³/mol. The Hall–Kier alpha value is -1.44. The number of hydrogen-bond donors (Lipinski definition) is 0. The molecule has 5 nitrogen and oxygen atoms in total. The molecule has 0 radical (unpaired) electrons. The smallest absolute Gasteiger partial charge is 0.223 e. The van der Waals surface area contributed by atoms with E-state index in [0.29, 0.717) is 24.2 Å². The first-order valence-corrected chi connectivity index (χ1v) is 12.7. The second-order valence-corrected chi connectivity index (χ2v) is 10.8. The van der Waals surface area contributed by atoms with Gasteiger partial charge in [-0.3, -0.25) is 0 Å². The van der Waals surface area contributed by atoms with E-state index in [1.54, 1.807) is 8.72 Å². The largest absolute Gasteiger partial charge is 0.295 e. The molecule has 3 fully saturated rings. The fraction of sp³-hybridized carbons (Fsp3) is 0.478. The summed E-state index contributed by atoms with van der Waals surface area (Å²) in [5.74, 6) is 0.0764. The molecule has 3 aliphatic rings. The van der Waals surface area contributed by atoms with Crippen molar-refractivity contribution >= 4 is 21.8 Å². The molecule has 0 N–H and O–H groups in total. The van der Waals surface area contributed by atoms with Crippen molar-refractivity contribution in [3.05, 3.63) is 70.7 Å². The Morgan fingerprint density at radius 1 is 0.833 bits per heavy atom. The molecular weight excluding hydrogens is 418 g/mol. The summed E-state index contributed by atoms with van der Waals surface area (Å²) < 4.78 is 31.3. The molecule has 7 heteroatoms. The van der Waals surface area contributed by atoms with Gasteiger partial charge in [0.15, 0.2) is 0 Å². The third-order valence-electron chi connectivity index (χ3n) is 6.54. The monoisotopic (exact) mass is 445 g/mol. The summed E-state index contributed by atoms with van der Waals surface area (Å²) in [4.78, 5) is 0. The molecule has 0 aromatic heterocycles. The van der Waals surface area contributed by atoms with E-state index in [0.717, 1.165) is 44.2 Å². The Balaban J connectivity index is 1.61. The zero-order valence-electron chi connectivity index (χ0n) is 17.0. The van der Waals surface area contributed by atoms with E-state index in [4.69, 9.17) is 11.6 Å². The molecule has 2 aliphatic heterocycles. The first-order chi connectivity index (χ1) is 14.6. The van der Waals surface area contributed by atoms with Crippen LogP contribution in [-0.2, 0) is 10.2 Å². The number of benzene rings is 2. The van der Waals surface area contributed by atoms with Crippen LogP contribution in [0.15, 0.2) is 54.6 Å². The molecule has 0 bridgehead atoms. The molecule has 5 rings (SSSR count). The zero-order valence-corrected chi connectivity index (χ0v) is 18.6. The van der Waals surface area contributed by atoms with E-state index in [2.05, 4.69) is 17.1 Å². The van der Waals surface area contributed by atoms with Crippen LogP contribution in [0.5, 0.6) is 0 Å². The summed E-state index contributed by atoms with van der Waals surface area (Å²) in [6.45, 7) is 1.94. The van der Waals surface area contributed by atoms with Gasteiger partial charge >= 0.3 is 0 Å². The van der Waals surface area contributed by atoms with Crippen molar-refractivity contribution in [2.24, 2.45) is 0 Å². The van der Waals surface area contributed by atoms with Gasteiger partial charge in [0, 0.05) is 36.6 Å². The Morgan fingerprint density at radius 2 is 1.50 bits per heavy atom. The quantitative estimate of drug-likeness (QED) is 0.676. The number of piperidine rings is 1. The molecule has 2 atom stereocenters. The van der Waals surface area contributed by atoms with Crippen molar-refractivity contribution in [2.75, 3.05) is 19.6 Å². The van der Waals surface area contributed by atoms with Crippen molar-refractivity contribution in [1.29, 1.82) is 0 Å². The van der Waals surface area contributed by atoms with Crippen molar-refractivity contribution in [3.8, 4) is 0 Å². The van der Waals surface area contributed by atoms with Crippen LogP contribution in [0.1, 0.15) is 55.2 Å². The van der Waals surface area contributed by atoms with Crippen molar-refractivity contribution in [3.63, 3.8) is 0 Å². The number of hydrazine groups is 1. The highest BCUT2D eigenvalue weighted by Crippen LogP contribution is 2.49. The molecule has 0 spiro atoms. The van der Waals surface area contributed by atoms with E-state index in [9.17, 15) is 8.42 Å². The third kappa shape index (κ3) is 3.80. The van der Waals surface area contributed by atoms with Crippen LogP contribution in [0.3, 0.4) is 0 Å². The SMILES string of the molecule is O=S(=O)(N1CCCCC1)N1C(c2ccc(Cl)cc2)C(c2ccccc2)CN1C1CC1. The molecular formula is C23H28ClN3O2S. The average Bonchev–Trinajstić information content (AvgIpc) is 3.55. The van der Waals surface area contributed by atoms with E-state index in [1.807, 2.05) is 42.5 Å². The molecule has 0 amide bonds. The van der Waals surface area contributed by atoms with Crippen LogP contribution in [0.25, 0.3) is 0 Å². The minimum Gasteiger partial charge on any atom is -0.223 e. The van der Waals surface area contributed by atoms with E-state index < -0.39 is 10.2 Å². The van der Waals surface area contributed by atoms with Crippen LogP contribution in [0, 0.1) is 0 Å². The lowest BCUT2D eigenvalue weighted by molar-refractivity contribution is 0.0708. The standard InChI is InChI=1S/C23H28ClN3O2S/c24-20-11-9-19(10-12-20)23-22(18-7-3-1-4-8-18)17-26(21-13-14-21)27(23)30(28,29)25-15-5-2-6-16-25/h1,3-4,7-12,21-23H,2,5-6,13-17H2. The van der Waals surface area contributed by atoms with Crippen molar-refractivity contribution < 1.29 is 8.42 Å². The third-order valence-corrected chi connectivity index (χ3v) is 8.72. The van der Waals surface area contributed by atoms with Crippen LogP contribution >= 0.6 is 11.6 Å². The lowest BCUT2D eigenvalue weighted by atomic mass is 9.89. The highest BCUT2D eigenvalue weighted by molar-refractivity contribution is 7.86. The summed E-state index contributed by atoms with van der Waals surface area (Å²) >= 11 is 6.16. The summed E-state index contributed by atoms with van der Waals surface area (Å²) in [6, 6.07) is 18.1. The molecule has 1 saturated carbocycles. The highest BCUT2D eigenvalue weighted by Gasteiger charge is 2.53. The van der Waals surface area contributed by atoms with Gasteiger partial charge in [0.2, 0.25) is 0 Å². The first-order valence-electron chi connectivity index (χ1n) is 10.9. The highest BCUT2D eigenvalue weighted by atomic mass is 35.5. The second kappa shape index (κ2) is 8.24. The summed E-state index contributed by atoms with van der Waals surface area (Å²) in [6.07, 6.45) is 5.09. The topological polar surface area (TPSA) is 43.9 Å². The van der Waals surface area contributed by atoms with Gasteiger partial charge in [-0.05, 0) is 48.9 Å². The molecule has 2 aromatic carbocycles. The summed E-state index contributed by atoms with van der Waals surface area (Å²) in [5, 5.41) is 2.80. The van der Waals surface area contributed by atoms with Gasteiger partial charge in [0.25, 0.3) is 10.2 Å². The molecule has 2 aromatic rings. The van der Waals surface area contributed by atoms with Gasteiger partial charge in [-0.1, -0.05) is 60.5 Å². The van der Waals surface area contributed by atoms with Crippen LogP contribution < -0.4 is 0 Å². The first kappa shape index (κ1) is 20.5. The number of hydrogen-bond acceptors (Lipinski definition) is 3. The van der Waals surface area contributed by atoms with Gasteiger partial charge < -0.3 is 0 Å². The van der Waals surface area contributed by atoms with Crippen molar-refractivity contribution in [2.45, 2.75) is 50.1 Å². The minimum absolute atomic E-state index is 0.0764. The molecule has 160 valence electrons. The lowest BCUT2D eigenvalue weighted by Crippen LogP contribution is -2.51. The average molecular weight is 446 g/mol. The Bertz CT molecular complexity index is 973. The second-order valence-electron chi connectivity index (χ2n) is 8.61. The van der Waals surface area contributed by atoms with E-state index in [1.165, 1.54) is 5.56 Å². The summed E-state index contributed by atoms with van der Waals surface area (Å²) in [7, 11) is -3.60. The maximum Gasteiger partial charge on any atom is 0.295 e. The maximum absolute atomic E-state index is 13.9. The Kier molecular flexibility index (Phi) is 5.62. The minimum atomic E-state index is -3.60. The molecule has 2 saturated heterocycles. The van der Waals surface area contributed by atoms with E-state index >= 15 is 0 Å². The van der Waals surface area contributed by atoms with Gasteiger partial charge in [-0.25, -0.2) is 5.01 Å². The zero-order chi connectivity index (χ0) is 20.7. The maximum atomic E-state index is 13.9. The molecule has 1 aliphatic carbocycles.